The SMILES string of the molecule is [2H]C1C[C@@H]2C[C@H]1[C@@H]1C(=O)N(CCCCN3CCN(c4ncccn4)CC3)C(=O)[C@H]21. The topological polar surface area (TPSA) is 69.6 Å². The predicted molar refractivity (Wildman–Crippen MR) is 104 cm³/mol. The van der Waals surface area contributed by atoms with Gasteiger partial charge in [0.1, 0.15) is 0 Å². The standard InChI is InChI=1S/C21H29N5O2/c27-19-17-15-4-5-16(14-15)18(17)20(28)26(19)9-2-1-8-24-10-12-25(13-11-24)21-22-6-3-7-23-21/h3,6-7,15-18H,1-2,4-5,8-14H2/t15-,16+,17-,18+/i4D/t4?,15-,16+,17-,18+/m0/s1. The lowest BCUT2D eigenvalue weighted by molar-refractivity contribution is -0.140. The van der Waals surface area contributed by atoms with Gasteiger partial charge in [0.05, 0.1) is 11.8 Å². The zero-order valence-corrected chi connectivity index (χ0v) is 16.2. The second-order valence-corrected chi connectivity index (χ2v) is 8.60. The third-order valence-electron chi connectivity index (χ3n) is 7.09. The van der Waals surface area contributed by atoms with Crippen molar-refractivity contribution < 1.29 is 11.0 Å². The molecule has 4 aliphatic rings. The Morgan fingerprint density at radius 2 is 1.64 bits per heavy atom. The Bertz CT molecular complexity index is 770. The molecule has 7 heteroatoms. The molecule has 4 fully saturated rings. The van der Waals surface area contributed by atoms with Crippen LogP contribution in [0.15, 0.2) is 18.5 Å². The molecular formula is C21H29N5O2. The van der Waals surface area contributed by atoms with Crippen molar-refractivity contribution in [1.82, 2.24) is 19.8 Å². The number of aromatic nitrogens is 2. The summed E-state index contributed by atoms with van der Waals surface area (Å²) >= 11 is 0. The summed E-state index contributed by atoms with van der Waals surface area (Å²) in [6.07, 6.45) is 6.98. The summed E-state index contributed by atoms with van der Waals surface area (Å²) in [6.45, 7) is 5.36. The summed E-state index contributed by atoms with van der Waals surface area (Å²) in [5.41, 5.74) is 0. The fraction of sp³-hybridized carbons (Fsp3) is 0.714. The van der Waals surface area contributed by atoms with E-state index in [1.165, 1.54) is 4.90 Å². The first-order valence-corrected chi connectivity index (χ1v) is 10.7. The van der Waals surface area contributed by atoms with Gasteiger partial charge in [0.25, 0.3) is 0 Å². The fourth-order valence-corrected chi connectivity index (χ4v) is 5.65. The summed E-state index contributed by atoms with van der Waals surface area (Å²) in [6, 6.07) is 1.83. The number of rotatable bonds is 6. The molecule has 2 aliphatic heterocycles. The number of unbranched alkanes of at least 4 members (excludes halogenated alkanes) is 1. The lowest BCUT2D eigenvalue weighted by atomic mass is 9.81. The normalized spacial score (nSPS) is 35.6. The Balaban J connectivity index is 1.06. The van der Waals surface area contributed by atoms with E-state index in [9.17, 15) is 9.59 Å². The van der Waals surface area contributed by atoms with Gasteiger partial charge in [0.2, 0.25) is 17.8 Å². The second kappa shape index (κ2) is 7.43. The number of fused-ring (bicyclic) bond motifs is 5. The Morgan fingerprint density at radius 3 is 2.39 bits per heavy atom. The number of amides is 2. The van der Waals surface area contributed by atoms with Crippen LogP contribution >= 0.6 is 0 Å². The maximum atomic E-state index is 12.8. The van der Waals surface area contributed by atoms with Gasteiger partial charge in [0.15, 0.2) is 0 Å². The average molecular weight is 385 g/mol. The van der Waals surface area contributed by atoms with Gasteiger partial charge in [-0.3, -0.25) is 19.4 Å². The van der Waals surface area contributed by atoms with Crippen molar-refractivity contribution in [3.05, 3.63) is 18.5 Å². The van der Waals surface area contributed by atoms with E-state index < -0.39 is 0 Å². The number of carbonyl (C=O) groups excluding carboxylic acids is 2. The molecule has 5 atom stereocenters. The number of piperazine rings is 1. The number of anilines is 1. The maximum absolute atomic E-state index is 12.8. The molecule has 1 unspecified atom stereocenters. The molecular weight excluding hydrogens is 354 g/mol. The van der Waals surface area contributed by atoms with Crippen molar-refractivity contribution in [2.75, 3.05) is 44.2 Å². The summed E-state index contributed by atoms with van der Waals surface area (Å²) in [5.74, 6) is 0.971. The van der Waals surface area contributed by atoms with E-state index in [4.69, 9.17) is 1.37 Å². The molecule has 150 valence electrons. The van der Waals surface area contributed by atoms with Crippen LogP contribution in [0.1, 0.15) is 33.5 Å². The zero-order valence-electron chi connectivity index (χ0n) is 17.2. The smallest absolute Gasteiger partial charge is 0.233 e. The van der Waals surface area contributed by atoms with Gasteiger partial charge in [-0.15, -0.1) is 0 Å². The Labute approximate surface area is 167 Å². The van der Waals surface area contributed by atoms with Crippen LogP contribution in [-0.2, 0) is 9.59 Å². The molecule has 2 saturated carbocycles. The van der Waals surface area contributed by atoms with Crippen LogP contribution < -0.4 is 4.90 Å². The Morgan fingerprint density at radius 1 is 0.964 bits per heavy atom. The fourth-order valence-electron chi connectivity index (χ4n) is 5.65. The van der Waals surface area contributed by atoms with Crippen molar-refractivity contribution in [3.8, 4) is 0 Å². The minimum atomic E-state index is -0.183. The Hall–Kier alpha value is -2.02. The van der Waals surface area contributed by atoms with Gasteiger partial charge in [0, 0.05) is 46.5 Å². The van der Waals surface area contributed by atoms with Crippen LogP contribution in [-0.4, -0.2) is 70.9 Å². The van der Waals surface area contributed by atoms with Crippen molar-refractivity contribution in [2.45, 2.75) is 32.1 Å². The summed E-state index contributed by atoms with van der Waals surface area (Å²) in [5, 5.41) is 0. The number of hydrogen-bond acceptors (Lipinski definition) is 6. The van der Waals surface area contributed by atoms with Crippen LogP contribution in [0.3, 0.4) is 0 Å². The van der Waals surface area contributed by atoms with E-state index in [1.807, 2.05) is 6.07 Å². The molecule has 0 N–H and O–H groups in total. The van der Waals surface area contributed by atoms with Gasteiger partial charge < -0.3 is 4.90 Å². The number of hydrogen-bond donors (Lipinski definition) is 0. The molecule has 0 aromatic carbocycles. The molecule has 0 spiro atoms. The number of likely N-dealkylation sites (tertiary alicyclic amines) is 1. The van der Waals surface area contributed by atoms with Crippen LogP contribution in [0, 0.1) is 23.7 Å². The molecule has 2 saturated heterocycles. The van der Waals surface area contributed by atoms with E-state index in [0.29, 0.717) is 6.54 Å². The van der Waals surface area contributed by atoms with E-state index in [1.54, 1.807) is 12.4 Å². The van der Waals surface area contributed by atoms with Crippen LogP contribution in [0.25, 0.3) is 0 Å². The van der Waals surface area contributed by atoms with E-state index >= 15 is 0 Å². The Kier molecular flexibility index (Phi) is 4.48. The van der Waals surface area contributed by atoms with Crippen molar-refractivity contribution >= 4 is 17.8 Å². The average Bonchev–Trinajstić information content (AvgIpc) is 3.38. The van der Waals surface area contributed by atoms with Gasteiger partial charge in [-0.05, 0) is 56.5 Å². The highest BCUT2D eigenvalue weighted by atomic mass is 16.2. The quantitative estimate of drug-likeness (QED) is 0.546. The van der Waals surface area contributed by atoms with Crippen molar-refractivity contribution in [1.29, 1.82) is 0 Å². The third kappa shape index (κ3) is 3.09. The van der Waals surface area contributed by atoms with Crippen LogP contribution in [0.4, 0.5) is 5.95 Å². The second-order valence-electron chi connectivity index (χ2n) is 8.60. The molecule has 2 amide bonds. The minimum absolute atomic E-state index is 0.0147. The van der Waals surface area contributed by atoms with Crippen LogP contribution in [0.5, 0.6) is 0 Å². The number of imide groups is 1. The highest BCUT2D eigenvalue weighted by molar-refractivity contribution is 6.06. The van der Waals surface area contributed by atoms with Gasteiger partial charge in [-0.1, -0.05) is 0 Å². The molecule has 1 aromatic rings. The predicted octanol–water partition coefficient (Wildman–Crippen LogP) is 1.41. The van der Waals surface area contributed by atoms with Crippen LogP contribution in [0.2, 0.25) is 0 Å². The largest absolute Gasteiger partial charge is 0.338 e. The van der Waals surface area contributed by atoms with E-state index in [0.717, 1.165) is 64.4 Å². The maximum Gasteiger partial charge on any atom is 0.233 e. The highest BCUT2D eigenvalue weighted by Crippen LogP contribution is 2.56. The van der Waals surface area contributed by atoms with Gasteiger partial charge in [-0.2, -0.15) is 0 Å². The molecule has 7 nitrogen and oxygen atoms in total. The number of nitrogens with zero attached hydrogens (tertiary/aromatic N) is 5. The third-order valence-corrected chi connectivity index (χ3v) is 7.09. The molecule has 1 aromatic heterocycles. The summed E-state index contributed by atoms with van der Waals surface area (Å²) in [7, 11) is 0. The van der Waals surface area contributed by atoms with E-state index in [-0.39, 0.29) is 41.9 Å². The molecule has 2 bridgehead atoms. The van der Waals surface area contributed by atoms with Gasteiger partial charge in [-0.25, -0.2) is 9.97 Å². The summed E-state index contributed by atoms with van der Waals surface area (Å²) in [4.78, 5) is 40.4. The highest BCUT2D eigenvalue weighted by Gasteiger charge is 2.60. The van der Waals surface area contributed by atoms with E-state index in [2.05, 4.69) is 19.8 Å². The van der Waals surface area contributed by atoms with Crippen molar-refractivity contribution in [3.63, 3.8) is 0 Å². The first-order chi connectivity index (χ1) is 14.1. The minimum Gasteiger partial charge on any atom is -0.338 e. The lowest BCUT2D eigenvalue weighted by Gasteiger charge is -2.34. The van der Waals surface area contributed by atoms with Crippen molar-refractivity contribution in [2.24, 2.45) is 23.7 Å². The molecule has 0 radical (unpaired) electrons. The molecule has 2 aliphatic carbocycles. The zero-order chi connectivity index (χ0) is 20.0. The first-order valence-electron chi connectivity index (χ1n) is 11.2. The number of carbonyl (C=O) groups is 2. The van der Waals surface area contributed by atoms with Gasteiger partial charge >= 0.3 is 0 Å². The molecule has 28 heavy (non-hydrogen) atoms. The summed E-state index contributed by atoms with van der Waals surface area (Å²) < 4.78 is 8.14. The monoisotopic (exact) mass is 384 g/mol. The molecule has 5 rings (SSSR count). The lowest BCUT2D eigenvalue weighted by Crippen LogP contribution is -2.47. The molecule has 3 heterocycles. The first kappa shape index (κ1) is 16.9.